The Labute approximate surface area is 130 Å². The van der Waals surface area contributed by atoms with Crippen LogP contribution in [0.15, 0.2) is 29.4 Å². The number of benzene rings is 1. The molecule has 1 aromatic rings. The number of hydrogen-bond donors (Lipinski definition) is 2. The summed E-state index contributed by atoms with van der Waals surface area (Å²) in [7, 11) is 0. The van der Waals surface area contributed by atoms with Crippen LogP contribution in [-0.4, -0.2) is 42.8 Å². The van der Waals surface area contributed by atoms with Gasteiger partial charge in [0.1, 0.15) is 6.07 Å². The molecule has 1 heterocycles. The fraction of sp³-hybridized carbons (Fsp3) is 0.357. The van der Waals surface area contributed by atoms with Crippen LogP contribution in [0.2, 0.25) is 0 Å². The molecule has 1 aliphatic rings. The molecule has 0 aliphatic carbocycles. The molecule has 2 rings (SSSR count). The number of halogens is 3. The zero-order valence-electron chi connectivity index (χ0n) is 12.0. The van der Waals surface area contributed by atoms with E-state index in [9.17, 15) is 13.2 Å². The van der Waals surface area contributed by atoms with Gasteiger partial charge in [-0.1, -0.05) is 12.1 Å². The first-order valence-corrected chi connectivity index (χ1v) is 6.75. The Bertz CT molecular complexity index is 645. The highest BCUT2D eigenvalue weighted by Gasteiger charge is 2.33. The van der Waals surface area contributed by atoms with E-state index in [4.69, 9.17) is 15.4 Å². The Morgan fingerprint density at radius 1 is 1.30 bits per heavy atom. The van der Waals surface area contributed by atoms with Gasteiger partial charge in [-0.2, -0.15) is 23.5 Å². The Kier molecular flexibility index (Phi) is 5.18. The summed E-state index contributed by atoms with van der Waals surface area (Å²) in [6.45, 7) is 1.70. The smallest absolute Gasteiger partial charge is 0.378 e. The Hall–Kier alpha value is -2.60. The first kappa shape index (κ1) is 16.8. The number of nitrogens with zero attached hydrogens (tertiary/aromatic N) is 3. The van der Waals surface area contributed by atoms with Crippen molar-refractivity contribution in [1.82, 2.24) is 4.90 Å². The minimum Gasteiger partial charge on any atom is -0.378 e. The molecule has 2 N–H and O–H groups in total. The fourth-order valence-electron chi connectivity index (χ4n) is 2.01. The summed E-state index contributed by atoms with van der Waals surface area (Å²) < 4.78 is 43.8. The maximum Gasteiger partial charge on any atom is 0.418 e. The van der Waals surface area contributed by atoms with Crippen molar-refractivity contribution in [2.45, 2.75) is 6.18 Å². The average Bonchev–Trinajstić information content (AvgIpc) is 2.55. The third kappa shape index (κ3) is 4.20. The summed E-state index contributed by atoms with van der Waals surface area (Å²) in [5.74, 6) is -0.146. The zero-order valence-corrected chi connectivity index (χ0v) is 12.0. The molecule has 1 fully saturated rings. The number of amidine groups is 1. The summed E-state index contributed by atoms with van der Waals surface area (Å²) in [5, 5.41) is 20.7. The first-order valence-electron chi connectivity index (χ1n) is 6.75. The van der Waals surface area contributed by atoms with Gasteiger partial charge in [-0.3, -0.25) is 10.8 Å². The monoisotopic (exact) mass is 325 g/mol. The molecule has 0 bridgehead atoms. The SMILES string of the molecule is N#C/C(=N/Nc1ccccc1C(F)(F)F)C(=N)N1CCOCC1. The number of rotatable bonds is 3. The number of nitrogens with one attached hydrogen (secondary N) is 2. The molecule has 1 aliphatic heterocycles. The summed E-state index contributed by atoms with van der Waals surface area (Å²) in [6.07, 6.45) is -4.54. The highest BCUT2D eigenvalue weighted by Crippen LogP contribution is 2.34. The third-order valence-corrected chi connectivity index (χ3v) is 3.18. The van der Waals surface area contributed by atoms with Crippen molar-refractivity contribution in [3.63, 3.8) is 0 Å². The number of hydrazone groups is 1. The van der Waals surface area contributed by atoms with Crippen molar-refractivity contribution in [2.75, 3.05) is 31.7 Å². The Morgan fingerprint density at radius 2 is 1.96 bits per heavy atom. The topological polar surface area (TPSA) is 84.5 Å². The number of anilines is 1. The highest BCUT2D eigenvalue weighted by atomic mass is 19.4. The van der Waals surface area contributed by atoms with Crippen LogP contribution in [0.1, 0.15) is 5.56 Å². The first-order chi connectivity index (χ1) is 10.9. The van der Waals surface area contributed by atoms with Crippen molar-refractivity contribution in [1.29, 1.82) is 10.7 Å². The van der Waals surface area contributed by atoms with Crippen molar-refractivity contribution in [2.24, 2.45) is 5.10 Å². The molecular weight excluding hydrogens is 311 g/mol. The lowest BCUT2D eigenvalue weighted by Crippen LogP contribution is -2.43. The molecule has 0 radical (unpaired) electrons. The molecule has 6 nitrogen and oxygen atoms in total. The normalized spacial score (nSPS) is 15.9. The molecule has 122 valence electrons. The largest absolute Gasteiger partial charge is 0.418 e. The number of ether oxygens (including phenoxy) is 1. The van der Waals surface area contributed by atoms with E-state index in [0.717, 1.165) is 6.07 Å². The number of alkyl halides is 3. The lowest BCUT2D eigenvalue weighted by atomic mass is 10.2. The van der Waals surface area contributed by atoms with E-state index >= 15 is 0 Å². The van der Waals surface area contributed by atoms with Gasteiger partial charge in [-0.15, -0.1) is 0 Å². The predicted molar refractivity (Wildman–Crippen MR) is 78.2 cm³/mol. The van der Waals surface area contributed by atoms with E-state index in [1.165, 1.54) is 18.2 Å². The van der Waals surface area contributed by atoms with Crippen LogP contribution in [0.3, 0.4) is 0 Å². The van der Waals surface area contributed by atoms with Crippen molar-refractivity contribution < 1.29 is 17.9 Å². The molecule has 0 unspecified atom stereocenters. The lowest BCUT2D eigenvalue weighted by molar-refractivity contribution is -0.136. The molecule has 1 saturated heterocycles. The molecule has 9 heteroatoms. The number of hydrogen-bond acceptors (Lipinski definition) is 5. The Morgan fingerprint density at radius 3 is 2.57 bits per heavy atom. The lowest BCUT2D eigenvalue weighted by Gasteiger charge is -2.28. The van der Waals surface area contributed by atoms with E-state index in [0.29, 0.717) is 26.3 Å². The molecule has 23 heavy (non-hydrogen) atoms. The van der Waals surface area contributed by atoms with Crippen molar-refractivity contribution in [3.8, 4) is 6.07 Å². The van der Waals surface area contributed by atoms with Gasteiger partial charge < -0.3 is 9.64 Å². The van der Waals surface area contributed by atoms with E-state index < -0.39 is 11.7 Å². The minimum absolute atomic E-state index is 0.146. The predicted octanol–water partition coefficient (Wildman–Crippen LogP) is 2.31. The van der Waals surface area contributed by atoms with E-state index in [-0.39, 0.29) is 17.2 Å². The van der Waals surface area contributed by atoms with Gasteiger partial charge in [0.05, 0.1) is 24.5 Å². The van der Waals surface area contributed by atoms with Crippen LogP contribution in [-0.2, 0) is 10.9 Å². The zero-order chi connectivity index (χ0) is 16.9. The van der Waals surface area contributed by atoms with Gasteiger partial charge >= 0.3 is 6.18 Å². The summed E-state index contributed by atoms with van der Waals surface area (Å²) >= 11 is 0. The maximum atomic E-state index is 12.9. The van der Waals surface area contributed by atoms with E-state index in [2.05, 4.69) is 10.5 Å². The fourth-order valence-corrected chi connectivity index (χ4v) is 2.01. The van der Waals surface area contributed by atoms with Gasteiger partial charge in [-0.05, 0) is 12.1 Å². The van der Waals surface area contributed by atoms with Gasteiger partial charge in [0, 0.05) is 13.1 Å². The van der Waals surface area contributed by atoms with Crippen molar-refractivity contribution in [3.05, 3.63) is 29.8 Å². The maximum absolute atomic E-state index is 12.9. The highest BCUT2D eigenvalue weighted by molar-refractivity contribution is 6.46. The van der Waals surface area contributed by atoms with Crippen LogP contribution < -0.4 is 5.43 Å². The quantitative estimate of drug-likeness (QED) is 0.507. The van der Waals surface area contributed by atoms with Crippen LogP contribution in [0.5, 0.6) is 0 Å². The third-order valence-electron chi connectivity index (χ3n) is 3.18. The number of morpholine rings is 1. The number of para-hydroxylation sites is 1. The summed E-state index contributed by atoms with van der Waals surface area (Å²) in [6, 6.07) is 6.53. The van der Waals surface area contributed by atoms with E-state index in [1.54, 1.807) is 11.0 Å². The molecule has 0 saturated carbocycles. The van der Waals surface area contributed by atoms with Gasteiger partial charge in [0.2, 0.25) is 5.71 Å². The second-order valence-electron chi connectivity index (χ2n) is 4.68. The van der Waals surface area contributed by atoms with E-state index in [1.807, 2.05) is 0 Å². The summed E-state index contributed by atoms with van der Waals surface area (Å²) in [4.78, 5) is 1.59. The van der Waals surface area contributed by atoms with Crippen LogP contribution in [0.25, 0.3) is 0 Å². The Balaban J connectivity index is 2.17. The average molecular weight is 325 g/mol. The van der Waals surface area contributed by atoms with Gasteiger partial charge in [-0.25, -0.2) is 0 Å². The molecule has 1 aromatic carbocycles. The summed E-state index contributed by atoms with van der Waals surface area (Å²) in [5.41, 5.74) is 0.784. The van der Waals surface area contributed by atoms with Crippen LogP contribution in [0, 0.1) is 16.7 Å². The van der Waals surface area contributed by atoms with Crippen LogP contribution in [0.4, 0.5) is 18.9 Å². The molecule has 0 amide bonds. The van der Waals surface area contributed by atoms with Crippen LogP contribution >= 0.6 is 0 Å². The second kappa shape index (κ2) is 7.11. The molecule has 0 spiro atoms. The molecular formula is C14H14F3N5O. The number of nitriles is 1. The van der Waals surface area contributed by atoms with Gasteiger partial charge in [0.25, 0.3) is 0 Å². The minimum atomic E-state index is -4.54. The van der Waals surface area contributed by atoms with Crippen molar-refractivity contribution >= 4 is 17.2 Å². The molecule has 0 aromatic heterocycles. The second-order valence-corrected chi connectivity index (χ2v) is 4.68. The standard InChI is InChI=1S/C14H14F3N5O/c15-14(16,17)10-3-1-2-4-11(10)20-21-12(9-18)13(19)22-5-7-23-8-6-22/h1-4,19-20H,5-8H2/b19-13?,21-12-. The molecule has 0 atom stereocenters. The van der Waals surface area contributed by atoms with Gasteiger partial charge in [0.15, 0.2) is 5.84 Å².